The van der Waals surface area contributed by atoms with Crippen LogP contribution in [0.15, 0.2) is 24.3 Å². The van der Waals surface area contributed by atoms with Crippen molar-refractivity contribution in [1.29, 1.82) is 0 Å². The molecule has 2 rings (SSSR count). The molecule has 1 aliphatic heterocycles. The second-order valence-electron chi connectivity index (χ2n) is 5.59. The molecule has 0 spiro atoms. The van der Waals surface area contributed by atoms with E-state index in [1.807, 2.05) is 19.1 Å². The van der Waals surface area contributed by atoms with Gasteiger partial charge >= 0.3 is 0 Å². The van der Waals surface area contributed by atoms with Crippen LogP contribution < -0.4 is 0 Å². The Bertz CT molecular complexity index is 493. The molecule has 2 atom stereocenters. The van der Waals surface area contributed by atoms with Gasteiger partial charge in [-0.25, -0.2) is 0 Å². The Kier molecular flexibility index (Phi) is 4.55. The van der Waals surface area contributed by atoms with Crippen molar-refractivity contribution in [1.82, 2.24) is 4.90 Å². The molecule has 1 heterocycles. The molecule has 1 fully saturated rings. The number of ketones is 1. The molecule has 4 nitrogen and oxygen atoms in total. The second kappa shape index (κ2) is 6.18. The number of benzene rings is 1. The highest BCUT2D eigenvalue weighted by molar-refractivity contribution is 6.42. The van der Waals surface area contributed by atoms with Crippen LogP contribution in [-0.2, 0) is 4.79 Å². The van der Waals surface area contributed by atoms with E-state index in [4.69, 9.17) is 0 Å². The first-order chi connectivity index (χ1) is 9.49. The zero-order valence-electron chi connectivity index (χ0n) is 12.0. The lowest BCUT2D eigenvalue weighted by atomic mass is 9.93. The molecule has 0 bridgehead atoms. The van der Waals surface area contributed by atoms with Crippen LogP contribution in [0.5, 0.6) is 0 Å². The normalized spacial score (nSPS) is 20.6. The maximum Gasteiger partial charge on any atom is 0.294 e. The smallest absolute Gasteiger partial charge is 0.294 e. The molecule has 1 aliphatic rings. The van der Waals surface area contributed by atoms with Gasteiger partial charge in [-0.3, -0.25) is 9.59 Å². The number of likely N-dealkylation sites (tertiary alicyclic amines) is 1. The summed E-state index contributed by atoms with van der Waals surface area (Å²) in [6.45, 7) is 4.74. The van der Waals surface area contributed by atoms with Crippen LogP contribution in [0, 0.1) is 12.8 Å². The van der Waals surface area contributed by atoms with E-state index < -0.39 is 17.8 Å². The monoisotopic (exact) mass is 275 g/mol. The lowest BCUT2D eigenvalue weighted by Crippen LogP contribution is -2.45. The van der Waals surface area contributed by atoms with Crippen molar-refractivity contribution in [2.24, 2.45) is 5.92 Å². The van der Waals surface area contributed by atoms with Crippen molar-refractivity contribution in [3.63, 3.8) is 0 Å². The summed E-state index contributed by atoms with van der Waals surface area (Å²) in [6.07, 6.45) is 1.29. The van der Waals surface area contributed by atoms with Gasteiger partial charge in [0.15, 0.2) is 0 Å². The fraction of sp³-hybridized carbons (Fsp3) is 0.500. The number of piperidine rings is 1. The summed E-state index contributed by atoms with van der Waals surface area (Å²) in [5.41, 5.74) is 1.49. The SMILES string of the molecule is Cc1ccc(C(=O)C(=O)N2CCCC(C(C)O)C2)cc1. The second-order valence-corrected chi connectivity index (χ2v) is 5.59. The van der Waals surface area contributed by atoms with E-state index in [9.17, 15) is 14.7 Å². The molecule has 2 unspecified atom stereocenters. The number of carbonyl (C=O) groups excluding carboxylic acids is 2. The van der Waals surface area contributed by atoms with E-state index in [0.717, 1.165) is 18.4 Å². The van der Waals surface area contributed by atoms with E-state index in [2.05, 4.69) is 0 Å². The van der Waals surface area contributed by atoms with Crippen molar-refractivity contribution in [2.75, 3.05) is 13.1 Å². The quantitative estimate of drug-likeness (QED) is 0.676. The topological polar surface area (TPSA) is 57.6 Å². The van der Waals surface area contributed by atoms with Gasteiger partial charge in [-0.15, -0.1) is 0 Å². The number of amides is 1. The minimum absolute atomic E-state index is 0.0681. The van der Waals surface area contributed by atoms with Crippen molar-refractivity contribution in [3.05, 3.63) is 35.4 Å². The third kappa shape index (κ3) is 3.25. The summed E-state index contributed by atoms with van der Waals surface area (Å²) in [5.74, 6) is -0.853. The van der Waals surface area contributed by atoms with Crippen LogP contribution in [-0.4, -0.2) is 40.9 Å². The number of aryl methyl sites for hydroxylation is 1. The van der Waals surface area contributed by atoms with Gasteiger partial charge in [0.25, 0.3) is 5.91 Å². The molecular weight excluding hydrogens is 254 g/mol. The van der Waals surface area contributed by atoms with Gasteiger partial charge in [0.2, 0.25) is 5.78 Å². The fourth-order valence-corrected chi connectivity index (χ4v) is 2.56. The zero-order valence-corrected chi connectivity index (χ0v) is 12.0. The van der Waals surface area contributed by atoms with Crippen LogP contribution in [0.25, 0.3) is 0 Å². The molecule has 1 aromatic carbocycles. The minimum atomic E-state index is -0.462. The number of Topliss-reactive ketones (excluding diaryl/α,β-unsaturated/α-hetero) is 1. The van der Waals surface area contributed by atoms with Crippen molar-refractivity contribution in [2.45, 2.75) is 32.8 Å². The number of aliphatic hydroxyl groups excluding tert-OH is 1. The number of hydrogen-bond acceptors (Lipinski definition) is 3. The Morgan fingerprint density at radius 2 is 1.95 bits per heavy atom. The summed E-state index contributed by atoms with van der Waals surface area (Å²) in [5, 5.41) is 9.64. The molecule has 1 aromatic rings. The fourth-order valence-electron chi connectivity index (χ4n) is 2.56. The highest BCUT2D eigenvalue weighted by Gasteiger charge is 2.30. The summed E-state index contributed by atoms with van der Waals surface area (Å²) in [6, 6.07) is 7.03. The minimum Gasteiger partial charge on any atom is -0.393 e. The third-order valence-electron chi connectivity index (χ3n) is 3.94. The van der Waals surface area contributed by atoms with Crippen LogP contribution >= 0.6 is 0 Å². The number of hydrogen-bond donors (Lipinski definition) is 1. The van der Waals surface area contributed by atoms with Gasteiger partial charge in [-0.2, -0.15) is 0 Å². The summed E-state index contributed by atoms with van der Waals surface area (Å²) in [4.78, 5) is 26.0. The van der Waals surface area contributed by atoms with Crippen LogP contribution in [0.4, 0.5) is 0 Å². The molecule has 1 amide bonds. The number of carbonyl (C=O) groups is 2. The van der Waals surface area contributed by atoms with Crippen LogP contribution in [0.3, 0.4) is 0 Å². The predicted octanol–water partition coefficient (Wildman–Crippen LogP) is 1.80. The maximum absolute atomic E-state index is 12.2. The standard InChI is InChI=1S/C16H21NO3/c1-11-5-7-13(8-6-11)15(19)16(20)17-9-3-4-14(10-17)12(2)18/h5-8,12,14,18H,3-4,9-10H2,1-2H3. The molecule has 0 radical (unpaired) electrons. The van der Waals surface area contributed by atoms with Crippen molar-refractivity contribution >= 4 is 11.7 Å². The van der Waals surface area contributed by atoms with E-state index in [1.54, 1.807) is 24.0 Å². The van der Waals surface area contributed by atoms with Gasteiger partial charge in [0.05, 0.1) is 6.10 Å². The van der Waals surface area contributed by atoms with E-state index in [0.29, 0.717) is 18.7 Å². The average molecular weight is 275 g/mol. The summed E-state index contributed by atoms with van der Waals surface area (Å²) in [7, 11) is 0. The number of rotatable bonds is 3. The number of aliphatic hydroxyl groups is 1. The summed E-state index contributed by atoms with van der Waals surface area (Å²) < 4.78 is 0. The summed E-state index contributed by atoms with van der Waals surface area (Å²) >= 11 is 0. The van der Waals surface area contributed by atoms with Gasteiger partial charge in [0, 0.05) is 24.6 Å². The first-order valence-corrected chi connectivity index (χ1v) is 7.07. The molecule has 1 saturated heterocycles. The maximum atomic E-state index is 12.2. The molecule has 1 N–H and O–H groups in total. The van der Waals surface area contributed by atoms with Crippen molar-refractivity contribution < 1.29 is 14.7 Å². The van der Waals surface area contributed by atoms with Crippen molar-refractivity contribution in [3.8, 4) is 0 Å². The Balaban J connectivity index is 2.06. The molecular formula is C16H21NO3. The van der Waals surface area contributed by atoms with Gasteiger partial charge in [-0.1, -0.05) is 29.8 Å². The highest BCUT2D eigenvalue weighted by atomic mass is 16.3. The molecule has 20 heavy (non-hydrogen) atoms. The Hall–Kier alpha value is -1.68. The first-order valence-electron chi connectivity index (χ1n) is 7.07. The highest BCUT2D eigenvalue weighted by Crippen LogP contribution is 2.20. The average Bonchev–Trinajstić information content (AvgIpc) is 2.46. The number of nitrogens with zero attached hydrogens (tertiary/aromatic N) is 1. The molecule has 0 aliphatic carbocycles. The van der Waals surface area contributed by atoms with E-state index in [1.165, 1.54) is 0 Å². The van der Waals surface area contributed by atoms with Gasteiger partial charge < -0.3 is 10.0 Å². The Morgan fingerprint density at radius 3 is 2.55 bits per heavy atom. The largest absolute Gasteiger partial charge is 0.393 e. The lowest BCUT2D eigenvalue weighted by molar-refractivity contribution is -0.128. The third-order valence-corrected chi connectivity index (χ3v) is 3.94. The first kappa shape index (κ1) is 14.7. The van der Waals surface area contributed by atoms with Crippen LogP contribution in [0.2, 0.25) is 0 Å². The van der Waals surface area contributed by atoms with E-state index >= 15 is 0 Å². The Morgan fingerprint density at radius 1 is 1.30 bits per heavy atom. The molecule has 108 valence electrons. The lowest BCUT2D eigenvalue weighted by Gasteiger charge is -2.33. The molecule has 4 heteroatoms. The molecule has 0 saturated carbocycles. The molecule has 0 aromatic heterocycles. The van der Waals surface area contributed by atoms with Crippen LogP contribution in [0.1, 0.15) is 35.7 Å². The predicted molar refractivity (Wildman–Crippen MR) is 76.5 cm³/mol. The van der Waals surface area contributed by atoms with Gasteiger partial charge in [-0.05, 0) is 26.7 Å². The Labute approximate surface area is 119 Å². The van der Waals surface area contributed by atoms with Gasteiger partial charge in [0.1, 0.15) is 0 Å². The van der Waals surface area contributed by atoms with E-state index in [-0.39, 0.29) is 5.92 Å². The zero-order chi connectivity index (χ0) is 14.7.